The fraction of sp³-hybridized carbons (Fsp3) is 0.333. The van der Waals surface area contributed by atoms with Crippen LogP contribution < -0.4 is 5.32 Å². The van der Waals surface area contributed by atoms with Crippen molar-refractivity contribution in [1.29, 1.82) is 0 Å². The first kappa shape index (κ1) is 20.3. The van der Waals surface area contributed by atoms with Crippen molar-refractivity contribution < 1.29 is 9.59 Å². The van der Waals surface area contributed by atoms with Gasteiger partial charge in [-0.05, 0) is 18.7 Å². The quantitative estimate of drug-likeness (QED) is 0.485. The van der Waals surface area contributed by atoms with E-state index in [2.05, 4.69) is 34.3 Å². The van der Waals surface area contributed by atoms with Crippen LogP contribution in [-0.4, -0.2) is 72.4 Å². The minimum atomic E-state index is -0.535. The van der Waals surface area contributed by atoms with Crippen LogP contribution in [0, 0.1) is 0 Å². The van der Waals surface area contributed by atoms with E-state index < -0.39 is 11.7 Å². The molecule has 1 aromatic heterocycles. The second-order valence-electron chi connectivity index (χ2n) is 7.90. The number of nitrogens with one attached hydrogen (secondary N) is 1. The lowest BCUT2D eigenvalue weighted by atomic mass is 10.1. The lowest BCUT2D eigenvalue weighted by molar-refractivity contribution is -0.117. The number of para-hydroxylation sites is 1. The summed E-state index contributed by atoms with van der Waals surface area (Å²) in [5, 5.41) is 3.62. The predicted molar refractivity (Wildman–Crippen MR) is 119 cm³/mol. The number of ketones is 1. The van der Waals surface area contributed by atoms with Gasteiger partial charge in [0.2, 0.25) is 0 Å². The van der Waals surface area contributed by atoms with Crippen molar-refractivity contribution in [2.45, 2.75) is 6.54 Å². The molecule has 6 heteroatoms. The average molecular weight is 405 g/mol. The Balaban J connectivity index is 1.44. The van der Waals surface area contributed by atoms with Crippen LogP contribution in [0.4, 0.5) is 0 Å². The molecule has 6 nitrogen and oxygen atoms in total. The molecule has 0 aliphatic carbocycles. The number of likely N-dealkylation sites (N-methyl/N-ethyl adjacent to an activating group) is 1. The van der Waals surface area contributed by atoms with E-state index in [-0.39, 0.29) is 0 Å². The molecule has 1 aliphatic rings. The highest BCUT2D eigenvalue weighted by atomic mass is 16.2. The Labute approximate surface area is 177 Å². The number of amides is 1. The third kappa shape index (κ3) is 4.61. The maximum atomic E-state index is 12.9. The van der Waals surface area contributed by atoms with Crippen LogP contribution in [0.3, 0.4) is 0 Å². The highest BCUT2D eigenvalue weighted by molar-refractivity contribution is 6.45. The first-order valence-corrected chi connectivity index (χ1v) is 10.5. The molecule has 0 atom stereocenters. The molecule has 1 saturated heterocycles. The van der Waals surface area contributed by atoms with Crippen LogP contribution in [0.2, 0.25) is 0 Å². The normalized spacial score (nSPS) is 15.4. The van der Waals surface area contributed by atoms with Gasteiger partial charge in [0.1, 0.15) is 0 Å². The first-order chi connectivity index (χ1) is 14.6. The van der Waals surface area contributed by atoms with E-state index >= 15 is 0 Å². The first-order valence-electron chi connectivity index (χ1n) is 10.5. The topological polar surface area (TPSA) is 57.6 Å². The summed E-state index contributed by atoms with van der Waals surface area (Å²) in [7, 11) is 2.12. The van der Waals surface area contributed by atoms with E-state index in [1.165, 1.54) is 0 Å². The third-order valence-electron chi connectivity index (χ3n) is 5.74. The highest BCUT2D eigenvalue weighted by Gasteiger charge is 2.22. The van der Waals surface area contributed by atoms with E-state index in [0.717, 1.165) is 49.2 Å². The number of Topliss-reactive ketones (excluding diaryl/α,β-unsaturated/α-hetero) is 1. The minimum absolute atomic E-state index is 0.457. The molecule has 1 aliphatic heterocycles. The summed E-state index contributed by atoms with van der Waals surface area (Å²) in [6.07, 6.45) is 1.81. The minimum Gasteiger partial charge on any atom is -0.348 e. The van der Waals surface area contributed by atoms with Gasteiger partial charge in [-0.3, -0.25) is 14.5 Å². The van der Waals surface area contributed by atoms with Crippen molar-refractivity contribution in [3.63, 3.8) is 0 Å². The number of rotatable bonds is 7. The fourth-order valence-corrected chi connectivity index (χ4v) is 3.94. The van der Waals surface area contributed by atoms with Gasteiger partial charge in [0, 0.05) is 62.9 Å². The monoisotopic (exact) mass is 404 g/mol. The number of fused-ring (bicyclic) bond motifs is 1. The summed E-state index contributed by atoms with van der Waals surface area (Å²) < 4.78 is 2.04. The van der Waals surface area contributed by atoms with Crippen molar-refractivity contribution in [2.24, 2.45) is 0 Å². The summed E-state index contributed by atoms with van der Waals surface area (Å²) in [5.74, 6) is -1.01. The molecule has 2 aromatic carbocycles. The van der Waals surface area contributed by atoms with Crippen LogP contribution >= 0.6 is 0 Å². The lowest BCUT2D eigenvalue weighted by Crippen LogP contribution is -2.47. The molecule has 156 valence electrons. The second kappa shape index (κ2) is 9.24. The average Bonchev–Trinajstić information content (AvgIpc) is 3.13. The number of nitrogens with zero attached hydrogens (tertiary/aromatic N) is 3. The van der Waals surface area contributed by atoms with E-state index in [4.69, 9.17) is 0 Å². The third-order valence-corrected chi connectivity index (χ3v) is 5.74. The molecule has 0 radical (unpaired) electrons. The largest absolute Gasteiger partial charge is 0.348 e. The molecule has 2 heterocycles. The van der Waals surface area contributed by atoms with Crippen LogP contribution in [0.25, 0.3) is 10.9 Å². The fourth-order valence-electron chi connectivity index (χ4n) is 3.94. The highest BCUT2D eigenvalue weighted by Crippen LogP contribution is 2.23. The number of hydrogen-bond acceptors (Lipinski definition) is 4. The van der Waals surface area contributed by atoms with Gasteiger partial charge in [0.15, 0.2) is 0 Å². The Morgan fingerprint density at radius 1 is 0.933 bits per heavy atom. The van der Waals surface area contributed by atoms with Gasteiger partial charge in [0.25, 0.3) is 11.7 Å². The SMILES string of the molecule is CN1CCN(CCNC(=O)C(=O)c2cn(Cc3ccccc3)c3ccccc23)CC1. The van der Waals surface area contributed by atoms with Gasteiger partial charge in [-0.2, -0.15) is 0 Å². The second-order valence-corrected chi connectivity index (χ2v) is 7.90. The van der Waals surface area contributed by atoms with Gasteiger partial charge in [-0.25, -0.2) is 0 Å². The standard InChI is InChI=1S/C24H28N4O2/c1-26-13-15-27(16-14-26)12-11-25-24(30)23(29)21-18-28(17-19-7-3-2-4-8-19)22-10-6-5-9-20(21)22/h2-10,18H,11-17H2,1H3,(H,25,30). The molecule has 0 bridgehead atoms. The number of carbonyl (C=O) groups excluding carboxylic acids is 2. The lowest BCUT2D eigenvalue weighted by Gasteiger charge is -2.32. The molecule has 0 unspecified atom stereocenters. The Bertz CT molecular complexity index is 1020. The number of hydrogen-bond donors (Lipinski definition) is 1. The molecule has 3 aromatic rings. The maximum Gasteiger partial charge on any atom is 0.292 e. The summed E-state index contributed by atoms with van der Waals surface area (Å²) in [6, 6.07) is 17.8. The van der Waals surface area contributed by atoms with Crippen molar-refractivity contribution in [3.05, 3.63) is 71.9 Å². The zero-order chi connectivity index (χ0) is 20.9. The Morgan fingerprint density at radius 3 is 2.40 bits per heavy atom. The van der Waals surface area contributed by atoms with Gasteiger partial charge < -0.3 is 14.8 Å². The Morgan fingerprint density at radius 2 is 1.63 bits per heavy atom. The molecule has 1 amide bonds. The smallest absolute Gasteiger partial charge is 0.292 e. The van der Waals surface area contributed by atoms with E-state index in [9.17, 15) is 9.59 Å². The Kier molecular flexibility index (Phi) is 6.26. The Hall–Kier alpha value is -2.96. The van der Waals surface area contributed by atoms with Crippen molar-refractivity contribution in [3.8, 4) is 0 Å². The molecule has 1 N–H and O–H groups in total. The summed E-state index contributed by atoms with van der Waals surface area (Å²) in [4.78, 5) is 30.1. The number of piperazine rings is 1. The molecule has 4 rings (SSSR count). The molecule has 0 spiro atoms. The molecule has 0 saturated carbocycles. The molecular weight excluding hydrogens is 376 g/mol. The molecule has 30 heavy (non-hydrogen) atoms. The molecular formula is C24H28N4O2. The van der Waals surface area contributed by atoms with Gasteiger partial charge in [-0.1, -0.05) is 48.5 Å². The van der Waals surface area contributed by atoms with Crippen molar-refractivity contribution >= 4 is 22.6 Å². The van der Waals surface area contributed by atoms with Crippen LogP contribution in [0.5, 0.6) is 0 Å². The number of carbonyl (C=O) groups is 2. The van der Waals surface area contributed by atoms with E-state index in [1.807, 2.05) is 47.0 Å². The van der Waals surface area contributed by atoms with Crippen LogP contribution in [0.1, 0.15) is 15.9 Å². The summed E-state index contributed by atoms with van der Waals surface area (Å²) >= 11 is 0. The van der Waals surface area contributed by atoms with Gasteiger partial charge in [0.05, 0.1) is 5.56 Å². The zero-order valence-corrected chi connectivity index (χ0v) is 17.4. The molecule has 1 fully saturated rings. The van der Waals surface area contributed by atoms with Gasteiger partial charge >= 0.3 is 0 Å². The van der Waals surface area contributed by atoms with E-state index in [1.54, 1.807) is 6.20 Å². The van der Waals surface area contributed by atoms with Gasteiger partial charge in [-0.15, -0.1) is 0 Å². The maximum absolute atomic E-state index is 12.9. The van der Waals surface area contributed by atoms with Crippen molar-refractivity contribution in [1.82, 2.24) is 19.7 Å². The van der Waals surface area contributed by atoms with Crippen LogP contribution in [-0.2, 0) is 11.3 Å². The summed E-state index contributed by atoms with van der Waals surface area (Å²) in [6.45, 7) is 5.96. The van der Waals surface area contributed by atoms with Crippen LogP contribution in [0.15, 0.2) is 60.8 Å². The van der Waals surface area contributed by atoms with Crippen molar-refractivity contribution in [2.75, 3.05) is 46.3 Å². The number of aromatic nitrogens is 1. The zero-order valence-electron chi connectivity index (χ0n) is 17.4. The van der Waals surface area contributed by atoms with E-state index in [0.29, 0.717) is 18.7 Å². The number of benzene rings is 2. The summed E-state index contributed by atoms with van der Waals surface area (Å²) in [5.41, 5.74) is 2.56. The predicted octanol–water partition coefficient (Wildman–Crippen LogP) is 2.24.